The molecule has 7 heteroatoms. The lowest BCUT2D eigenvalue weighted by Gasteiger charge is -2.16. The first-order valence-corrected chi connectivity index (χ1v) is 11.6. The van der Waals surface area contributed by atoms with Crippen LogP contribution in [0.15, 0.2) is 76.6 Å². The summed E-state index contributed by atoms with van der Waals surface area (Å²) in [6.07, 6.45) is 1.69. The summed E-state index contributed by atoms with van der Waals surface area (Å²) in [4.78, 5) is 31.9. The van der Waals surface area contributed by atoms with Crippen molar-refractivity contribution in [3.63, 3.8) is 0 Å². The zero-order chi connectivity index (χ0) is 24.2. The van der Waals surface area contributed by atoms with Crippen LogP contribution in [-0.2, 0) is 4.79 Å². The van der Waals surface area contributed by atoms with Crippen LogP contribution >= 0.6 is 11.8 Å². The third kappa shape index (κ3) is 5.05. The molecule has 34 heavy (non-hydrogen) atoms. The average Bonchev–Trinajstić information content (AvgIpc) is 3.11. The molecule has 1 amide bonds. The molecule has 0 saturated carbocycles. The second-order valence-corrected chi connectivity index (χ2v) is 8.82. The topological polar surface area (TPSA) is 79.2 Å². The van der Waals surface area contributed by atoms with Gasteiger partial charge in [-0.15, -0.1) is 0 Å². The first kappa shape index (κ1) is 23.3. The van der Waals surface area contributed by atoms with Crippen molar-refractivity contribution in [1.29, 1.82) is 0 Å². The number of aromatic carboxylic acids is 1. The predicted octanol–water partition coefficient (Wildman–Crippen LogP) is 6.21. The Balaban J connectivity index is 1.76. The van der Waals surface area contributed by atoms with Crippen molar-refractivity contribution in [2.24, 2.45) is 4.99 Å². The van der Waals surface area contributed by atoms with Gasteiger partial charge in [-0.1, -0.05) is 41.5 Å². The number of hydrogen-bond acceptors (Lipinski definition) is 5. The van der Waals surface area contributed by atoms with Gasteiger partial charge in [0.2, 0.25) is 0 Å². The van der Waals surface area contributed by atoms with Crippen molar-refractivity contribution < 1.29 is 19.4 Å². The third-order valence-electron chi connectivity index (χ3n) is 5.19. The minimum Gasteiger partial charge on any atom is -0.493 e. The second kappa shape index (κ2) is 9.97. The van der Waals surface area contributed by atoms with Crippen LogP contribution in [0, 0.1) is 13.8 Å². The molecule has 0 aromatic heterocycles. The number of amidine groups is 1. The van der Waals surface area contributed by atoms with Crippen LogP contribution in [0.4, 0.5) is 11.4 Å². The quantitative estimate of drug-likeness (QED) is 0.432. The van der Waals surface area contributed by atoms with E-state index in [1.807, 2.05) is 62.4 Å². The van der Waals surface area contributed by atoms with Gasteiger partial charge in [0.15, 0.2) is 5.17 Å². The van der Waals surface area contributed by atoms with E-state index in [0.29, 0.717) is 28.0 Å². The molecule has 0 aliphatic carbocycles. The van der Waals surface area contributed by atoms with Gasteiger partial charge in [0.1, 0.15) is 11.3 Å². The molecular formula is C27H24N2O4S. The molecule has 0 spiro atoms. The van der Waals surface area contributed by atoms with Crippen molar-refractivity contribution in [1.82, 2.24) is 0 Å². The number of nitrogens with zero attached hydrogens (tertiary/aromatic N) is 2. The van der Waals surface area contributed by atoms with E-state index in [4.69, 9.17) is 9.73 Å². The normalized spacial score (nSPS) is 15.9. The average molecular weight is 473 g/mol. The number of carbonyl (C=O) groups is 2. The number of carbonyl (C=O) groups excluding carboxylic acids is 1. The second-order valence-electron chi connectivity index (χ2n) is 7.81. The number of benzene rings is 3. The summed E-state index contributed by atoms with van der Waals surface area (Å²) in [5.74, 6) is -1.01. The summed E-state index contributed by atoms with van der Waals surface area (Å²) < 4.78 is 5.42. The number of aryl methyl sites for hydroxylation is 2. The van der Waals surface area contributed by atoms with E-state index in [9.17, 15) is 14.7 Å². The van der Waals surface area contributed by atoms with Gasteiger partial charge >= 0.3 is 5.97 Å². The van der Waals surface area contributed by atoms with Gasteiger partial charge in [-0.2, -0.15) is 0 Å². The smallest absolute Gasteiger partial charge is 0.339 e. The van der Waals surface area contributed by atoms with Gasteiger partial charge in [-0.25, -0.2) is 9.79 Å². The van der Waals surface area contributed by atoms with Gasteiger partial charge in [0.05, 0.1) is 22.9 Å². The molecule has 4 rings (SSSR count). The van der Waals surface area contributed by atoms with Crippen LogP contribution in [-0.4, -0.2) is 28.8 Å². The molecule has 0 bridgehead atoms. The third-order valence-corrected chi connectivity index (χ3v) is 6.16. The van der Waals surface area contributed by atoms with Gasteiger partial charge in [0, 0.05) is 0 Å². The molecular weight excluding hydrogens is 448 g/mol. The Hall–Kier alpha value is -3.84. The minimum atomic E-state index is -1.09. The van der Waals surface area contributed by atoms with E-state index in [-0.39, 0.29) is 11.5 Å². The molecule has 3 aromatic carbocycles. The molecule has 172 valence electrons. The summed E-state index contributed by atoms with van der Waals surface area (Å²) in [5, 5.41) is 10.1. The molecule has 0 radical (unpaired) electrons. The van der Waals surface area contributed by atoms with Crippen molar-refractivity contribution in [2.75, 3.05) is 11.5 Å². The number of carboxylic acids is 1. The molecule has 0 atom stereocenters. The molecule has 0 unspecified atom stereocenters. The monoisotopic (exact) mass is 472 g/mol. The first-order chi connectivity index (χ1) is 16.4. The molecule has 1 fully saturated rings. The zero-order valence-corrected chi connectivity index (χ0v) is 19.9. The number of aliphatic imine (C=N–C) groups is 1. The highest BCUT2D eigenvalue weighted by Gasteiger charge is 2.34. The lowest BCUT2D eigenvalue weighted by Crippen LogP contribution is -2.28. The Morgan fingerprint density at radius 1 is 1.03 bits per heavy atom. The van der Waals surface area contributed by atoms with E-state index in [0.717, 1.165) is 22.5 Å². The van der Waals surface area contributed by atoms with Crippen molar-refractivity contribution >= 4 is 46.3 Å². The van der Waals surface area contributed by atoms with Crippen LogP contribution < -0.4 is 9.64 Å². The Morgan fingerprint density at radius 2 is 1.68 bits per heavy atom. The van der Waals surface area contributed by atoms with E-state index >= 15 is 0 Å². The molecule has 1 aliphatic rings. The van der Waals surface area contributed by atoms with E-state index < -0.39 is 5.97 Å². The molecule has 1 N–H and O–H groups in total. The summed E-state index contributed by atoms with van der Waals surface area (Å²) in [5.41, 5.74) is 4.32. The Labute approximate surface area is 202 Å². The number of ether oxygens (including phenoxy) is 1. The van der Waals surface area contributed by atoms with Crippen LogP contribution in [0.5, 0.6) is 5.75 Å². The fourth-order valence-electron chi connectivity index (χ4n) is 3.44. The van der Waals surface area contributed by atoms with Crippen LogP contribution in [0.25, 0.3) is 6.08 Å². The van der Waals surface area contributed by atoms with Crippen molar-refractivity contribution in [3.05, 3.63) is 93.9 Å². The molecule has 1 saturated heterocycles. The summed E-state index contributed by atoms with van der Waals surface area (Å²) in [6.45, 7) is 6.15. The Kier molecular flexibility index (Phi) is 6.84. The minimum absolute atomic E-state index is 0.0515. The highest BCUT2D eigenvalue weighted by Crippen LogP contribution is 2.37. The van der Waals surface area contributed by atoms with Gasteiger partial charge in [0.25, 0.3) is 5.91 Å². The number of carboxylic acid groups (broad SMARTS) is 1. The number of hydrogen-bond donors (Lipinski definition) is 1. The maximum absolute atomic E-state index is 13.5. The lowest BCUT2D eigenvalue weighted by atomic mass is 10.1. The number of rotatable bonds is 6. The number of thioether (sulfide) groups is 1. The van der Waals surface area contributed by atoms with Crippen LogP contribution in [0.3, 0.4) is 0 Å². The van der Waals surface area contributed by atoms with E-state index in [1.165, 1.54) is 17.8 Å². The highest BCUT2D eigenvalue weighted by atomic mass is 32.2. The van der Waals surface area contributed by atoms with E-state index in [1.54, 1.807) is 30.0 Å². The highest BCUT2D eigenvalue weighted by molar-refractivity contribution is 8.19. The van der Waals surface area contributed by atoms with Gasteiger partial charge in [-0.05, 0) is 80.6 Å². The van der Waals surface area contributed by atoms with Crippen molar-refractivity contribution in [3.8, 4) is 5.75 Å². The van der Waals surface area contributed by atoms with E-state index in [2.05, 4.69) is 0 Å². The predicted molar refractivity (Wildman–Crippen MR) is 137 cm³/mol. The van der Waals surface area contributed by atoms with Crippen LogP contribution in [0.1, 0.15) is 34.0 Å². The van der Waals surface area contributed by atoms with Gasteiger partial charge < -0.3 is 9.84 Å². The maximum atomic E-state index is 13.5. The fourth-order valence-corrected chi connectivity index (χ4v) is 4.44. The lowest BCUT2D eigenvalue weighted by molar-refractivity contribution is -0.113. The summed E-state index contributed by atoms with van der Waals surface area (Å²) in [6, 6.07) is 20.3. The summed E-state index contributed by atoms with van der Waals surface area (Å²) in [7, 11) is 0. The fraction of sp³-hybridized carbons (Fsp3) is 0.148. The largest absolute Gasteiger partial charge is 0.493 e. The molecule has 6 nitrogen and oxygen atoms in total. The summed E-state index contributed by atoms with van der Waals surface area (Å²) >= 11 is 1.26. The molecule has 1 aliphatic heterocycles. The van der Waals surface area contributed by atoms with Gasteiger partial charge in [-0.3, -0.25) is 9.69 Å². The number of amides is 1. The standard InChI is InChI=1S/C27H24N2O4S/c1-4-33-23-14-9-19(15-22(23)26(31)32)16-24-25(30)29(21-12-7-18(3)8-13-21)27(34-24)28-20-10-5-17(2)6-11-20/h5-16H,4H2,1-3H3,(H,31,32)/b24-16-,28-27?. The first-order valence-electron chi connectivity index (χ1n) is 10.8. The maximum Gasteiger partial charge on any atom is 0.339 e. The molecule has 1 heterocycles. The van der Waals surface area contributed by atoms with Crippen LogP contribution in [0.2, 0.25) is 0 Å². The zero-order valence-electron chi connectivity index (χ0n) is 19.1. The SMILES string of the molecule is CCOc1ccc(/C=C2\SC(=Nc3ccc(C)cc3)N(c3ccc(C)cc3)C2=O)cc1C(=O)O. The van der Waals surface area contributed by atoms with Crippen molar-refractivity contribution in [2.45, 2.75) is 20.8 Å². The molecule has 3 aromatic rings. The Morgan fingerprint density at radius 3 is 2.29 bits per heavy atom. The Bertz CT molecular complexity index is 1300. The number of anilines is 1.